The molecule has 5 heteroatoms. The van der Waals surface area contributed by atoms with Crippen LogP contribution < -0.4 is 0 Å². The van der Waals surface area contributed by atoms with E-state index < -0.39 is 24.3 Å². The van der Waals surface area contributed by atoms with Gasteiger partial charge in [-0.2, -0.15) is 0 Å². The number of allylic oxidation sites excluding steroid dienone is 2. The number of esters is 1. The van der Waals surface area contributed by atoms with E-state index in [2.05, 4.69) is 0 Å². The lowest BCUT2D eigenvalue weighted by Gasteiger charge is -2.28. The Kier molecular flexibility index (Phi) is 4.11. The summed E-state index contributed by atoms with van der Waals surface area (Å²) < 4.78 is 5.05. The Balaban J connectivity index is 2.42. The number of Topliss-reactive ketones (excluding diaryl/α,β-unsaturated/α-hetero) is 1. The largest absolute Gasteiger partial charge is 0.426 e. The minimum absolute atomic E-state index is 0.00697. The molecule has 0 spiro atoms. The van der Waals surface area contributed by atoms with Gasteiger partial charge in [-0.25, -0.2) is 4.79 Å². The monoisotopic (exact) mass is 280 g/mol. The molecular weight excluding hydrogens is 260 g/mol. The number of fused-ring (bicyclic) bond motifs is 1. The van der Waals surface area contributed by atoms with Crippen LogP contribution in [0.4, 0.5) is 0 Å². The van der Waals surface area contributed by atoms with Gasteiger partial charge in [0.2, 0.25) is 5.79 Å². The van der Waals surface area contributed by atoms with E-state index in [0.29, 0.717) is 24.8 Å². The number of rotatable bonds is 1. The fraction of sp³-hybridized carbons (Fsp3) is 0.600. The van der Waals surface area contributed by atoms with E-state index in [0.717, 1.165) is 5.57 Å². The molecule has 0 saturated heterocycles. The molecule has 1 heterocycles. The number of ether oxygens (including phenoxy) is 1. The molecule has 2 unspecified atom stereocenters. The summed E-state index contributed by atoms with van der Waals surface area (Å²) in [5.74, 6) is -2.84. The van der Waals surface area contributed by atoms with Gasteiger partial charge in [-0.05, 0) is 19.8 Å². The number of hydrogen-bond donors (Lipinski definition) is 2. The van der Waals surface area contributed by atoms with Crippen molar-refractivity contribution >= 4 is 11.8 Å². The molecule has 1 aliphatic carbocycles. The van der Waals surface area contributed by atoms with Gasteiger partial charge in [0.15, 0.2) is 0 Å². The second-order valence-corrected chi connectivity index (χ2v) is 5.62. The molecular formula is C15H20O5. The topological polar surface area (TPSA) is 83.8 Å². The summed E-state index contributed by atoms with van der Waals surface area (Å²) in [6, 6.07) is 0. The van der Waals surface area contributed by atoms with Gasteiger partial charge in [0.05, 0.1) is 12.2 Å². The Hall–Kier alpha value is -1.46. The summed E-state index contributed by atoms with van der Waals surface area (Å²) >= 11 is 0. The molecule has 2 rings (SSSR count). The van der Waals surface area contributed by atoms with Gasteiger partial charge in [0.1, 0.15) is 5.78 Å². The molecule has 2 N–H and O–H groups in total. The minimum Gasteiger partial charge on any atom is -0.426 e. The van der Waals surface area contributed by atoms with Gasteiger partial charge in [-0.3, -0.25) is 4.79 Å². The van der Waals surface area contributed by atoms with Crippen LogP contribution >= 0.6 is 0 Å². The summed E-state index contributed by atoms with van der Waals surface area (Å²) in [7, 11) is 0. The van der Waals surface area contributed by atoms with Crippen LogP contribution in [0.25, 0.3) is 0 Å². The van der Waals surface area contributed by atoms with E-state index in [9.17, 15) is 19.8 Å². The Morgan fingerprint density at radius 1 is 1.40 bits per heavy atom. The van der Waals surface area contributed by atoms with Crippen LogP contribution in [-0.4, -0.2) is 34.4 Å². The minimum atomic E-state index is -1.75. The second-order valence-electron chi connectivity index (χ2n) is 5.62. The zero-order valence-corrected chi connectivity index (χ0v) is 11.8. The molecule has 110 valence electrons. The van der Waals surface area contributed by atoms with Gasteiger partial charge in [-0.15, -0.1) is 0 Å². The highest BCUT2D eigenvalue weighted by molar-refractivity contribution is 5.93. The summed E-state index contributed by atoms with van der Waals surface area (Å²) in [5, 5.41) is 19.9. The third kappa shape index (κ3) is 2.69. The molecule has 0 bridgehead atoms. The molecule has 0 amide bonds. The van der Waals surface area contributed by atoms with E-state index in [1.54, 1.807) is 6.92 Å². The molecule has 0 aromatic rings. The van der Waals surface area contributed by atoms with Crippen LogP contribution in [0, 0.1) is 5.92 Å². The zero-order chi connectivity index (χ0) is 14.9. The number of aliphatic hydroxyl groups is 2. The summed E-state index contributed by atoms with van der Waals surface area (Å²) in [6.07, 6.45) is 3.34. The van der Waals surface area contributed by atoms with Crippen molar-refractivity contribution in [1.82, 2.24) is 0 Å². The molecule has 0 aromatic carbocycles. The molecule has 20 heavy (non-hydrogen) atoms. The number of aliphatic hydroxyl groups excluding tert-OH is 1. The predicted octanol–water partition coefficient (Wildman–Crippen LogP) is 1.25. The first-order valence-corrected chi connectivity index (χ1v) is 6.85. The molecule has 1 aliphatic heterocycles. The quantitative estimate of drug-likeness (QED) is 0.558. The standard InChI is InChI=1S/C15H20O5/c1-9-3-5-12-11(8-16)14(18)20-15(12,19)7-10(2)13(17)6-4-9/h4,10,16,19H,3,5-8H2,1-2H3. The Morgan fingerprint density at radius 3 is 2.75 bits per heavy atom. The van der Waals surface area contributed by atoms with Gasteiger partial charge in [0.25, 0.3) is 0 Å². The van der Waals surface area contributed by atoms with Crippen molar-refractivity contribution in [2.24, 2.45) is 5.92 Å². The number of ketones is 1. The zero-order valence-electron chi connectivity index (χ0n) is 11.8. The van der Waals surface area contributed by atoms with Crippen molar-refractivity contribution in [3.63, 3.8) is 0 Å². The van der Waals surface area contributed by atoms with E-state index in [4.69, 9.17) is 4.74 Å². The first-order chi connectivity index (χ1) is 9.37. The molecule has 0 aromatic heterocycles. The van der Waals surface area contributed by atoms with Crippen molar-refractivity contribution in [2.75, 3.05) is 6.61 Å². The molecule has 0 radical (unpaired) electrons. The Bertz CT molecular complexity index is 502. The smallest absolute Gasteiger partial charge is 0.339 e. The lowest BCUT2D eigenvalue weighted by molar-refractivity contribution is -0.188. The van der Waals surface area contributed by atoms with Crippen LogP contribution in [0.1, 0.15) is 39.5 Å². The lowest BCUT2D eigenvalue weighted by atomic mass is 9.85. The van der Waals surface area contributed by atoms with Crippen LogP contribution in [0.15, 0.2) is 22.8 Å². The first kappa shape index (κ1) is 14.9. The molecule has 0 fully saturated rings. The van der Waals surface area contributed by atoms with Crippen molar-refractivity contribution in [3.05, 3.63) is 22.8 Å². The summed E-state index contributed by atoms with van der Waals surface area (Å²) in [6.45, 7) is 3.17. The van der Waals surface area contributed by atoms with Crippen LogP contribution in [0.5, 0.6) is 0 Å². The maximum atomic E-state index is 12.0. The van der Waals surface area contributed by atoms with Crippen molar-refractivity contribution in [2.45, 2.75) is 45.3 Å². The highest BCUT2D eigenvalue weighted by atomic mass is 16.7. The highest BCUT2D eigenvalue weighted by Gasteiger charge is 2.47. The Labute approximate surface area is 117 Å². The lowest BCUT2D eigenvalue weighted by Crippen LogP contribution is -2.36. The second kappa shape index (κ2) is 5.50. The first-order valence-electron chi connectivity index (χ1n) is 6.85. The normalized spacial score (nSPS) is 31.8. The van der Waals surface area contributed by atoms with E-state index in [1.807, 2.05) is 13.0 Å². The SMILES string of the molecule is CC1=CCC(=O)C(C)CC2(O)OC(=O)C(CO)=C2CC1. The van der Waals surface area contributed by atoms with E-state index >= 15 is 0 Å². The van der Waals surface area contributed by atoms with Crippen LogP contribution in [0.3, 0.4) is 0 Å². The predicted molar refractivity (Wildman–Crippen MR) is 71.5 cm³/mol. The molecule has 5 nitrogen and oxygen atoms in total. The van der Waals surface area contributed by atoms with Crippen molar-refractivity contribution in [1.29, 1.82) is 0 Å². The maximum Gasteiger partial charge on any atom is 0.339 e. The Morgan fingerprint density at radius 2 is 2.10 bits per heavy atom. The number of hydrogen-bond acceptors (Lipinski definition) is 5. The highest BCUT2D eigenvalue weighted by Crippen LogP contribution is 2.39. The fourth-order valence-electron chi connectivity index (χ4n) is 2.74. The fourth-order valence-corrected chi connectivity index (χ4v) is 2.74. The summed E-state index contributed by atoms with van der Waals surface area (Å²) in [5.41, 5.74) is 1.57. The average Bonchev–Trinajstić information content (AvgIpc) is 2.62. The molecule has 2 atom stereocenters. The molecule has 2 aliphatic rings. The van der Waals surface area contributed by atoms with Crippen LogP contribution in [-0.2, 0) is 14.3 Å². The third-order valence-electron chi connectivity index (χ3n) is 4.06. The average molecular weight is 280 g/mol. The van der Waals surface area contributed by atoms with Crippen molar-refractivity contribution < 1.29 is 24.5 Å². The summed E-state index contributed by atoms with van der Waals surface area (Å²) in [4.78, 5) is 23.7. The number of carbonyl (C=O) groups is 2. The van der Waals surface area contributed by atoms with E-state index in [-0.39, 0.29) is 17.8 Å². The number of carbonyl (C=O) groups excluding carboxylic acids is 2. The van der Waals surface area contributed by atoms with Crippen LogP contribution in [0.2, 0.25) is 0 Å². The van der Waals surface area contributed by atoms with E-state index in [1.165, 1.54) is 0 Å². The van der Waals surface area contributed by atoms with Gasteiger partial charge >= 0.3 is 5.97 Å². The van der Waals surface area contributed by atoms with Gasteiger partial charge in [0, 0.05) is 24.3 Å². The molecule has 0 saturated carbocycles. The van der Waals surface area contributed by atoms with Gasteiger partial charge < -0.3 is 14.9 Å². The maximum absolute atomic E-state index is 12.0. The van der Waals surface area contributed by atoms with Gasteiger partial charge in [-0.1, -0.05) is 18.6 Å². The van der Waals surface area contributed by atoms with Crippen molar-refractivity contribution in [3.8, 4) is 0 Å². The third-order valence-corrected chi connectivity index (χ3v) is 4.06.